The molecule has 0 radical (unpaired) electrons. The maximum absolute atomic E-state index is 11.8. The van der Waals surface area contributed by atoms with Gasteiger partial charge in [0.25, 0.3) is 0 Å². The summed E-state index contributed by atoms with van der Waals surface area (Å²) in [6.07, 6.45) is 6.02. The monoisotopic (exact) mass is 400 g/mol. The van der Waals surface area contributed by atoms with Gasteiger partial charge in [0.1, 0.15) is 51.5 Å². The quantitative estimate of drug-likeness (QED) is 0.644. The summed E-state index contributed by atoms with van der Waals surface area (Å²) in [6, 6.07) is 0. The zero-order valence-electron chi connectivity index (χ0n) is 16.9. The first-order valence-corrected chi connectivity index (χ1v) is 9.39. The van der Waals surface area contributed by atoms with E-state index in [1.807, 2.05) is 0 Å². The first-order valence-electron chi connectivity index (χ1n) is 9.39. The van der Waals surface area contributed by atoms with Crippen LogP contribution in [-0.4, -0.2) is 51.7 Å². The lowest BCUT2D eigenvalue weighted by Gasteiger charge is -2.28. The molecule has 0 bridgehead atoms. The van der Waals surface area contributed by atoms with Gasteiger partial charge in [-0.15, -0.1) is 0 Å². The van der Waals surface area contributed by atoms with Gasteiger partial charge in [-0.2, -0.15) is 0 Å². The minimum absolute atomic E-state index is 0.102. The van der Waals surface area contributed by atoms with Gasteiger partial charge in [0, 0.05) is 13.1 Å². The van der Waals surface area contributed by atoms with Crippen LogP contribution < -0.4 is 10.6 Å². The van der Waals surface area contributed by atoms with E-state index in [4.69, 9.17) is 23.7 Å². The van der Waals surface area contributed by atoms with Gasteiger partial charge in [-0.25, -0.2) is 9.59 Å². The molecule has 0 saturated carbocycles. The molecule has 1 atom stereocenters. The molecule has 0 saturated heterocycles. The minimum Gasteiger partial charge on any atom is -0.494 e. The Morgan fingerprint density at radius 2 is 1.46 bits per heavy atom. The third kappa shape index (κ3) is 12.7. The SMILES string of the molecule is CC1CCNC(=O)OCCO/C=C\O/C=C\OCCOC(=O)NCC(C)(C)C1. The zero-order valence-corrected chi connectivity index (χ0v) is 16.9. The highest BCUT2D eigenvalue weighted by molar-refractivity contribution is 5.67. The molecule has 1 heterocycles. The Morgan fingerprint density at radius 1 is 0.893 bits per heavy atom. The standard InChI is InChI=1S/C19H32N2O7/c1-16-4-5-20-17(22)27-12-10-25-8-6-24-7-9-26-11-13-28-18(23)21-15-19(2,3)14-16/h6-9,16H,4-5,10-15H2,1-3H3,(H,20,22)(H,21,23)/b8-6-,9-7-. The Bertz CT molecular complexity index is 520. The molecule has 2 N–H and O–H groups in total. The van der Waals surface area contributed by atoms with E-state index < -0.39 is 12.2 Å². The third-order valence-corrected chi connectivity index (χ3v) is 3.85. The van der Waals surface area contributed by atoms with Crippen molar-refractivity contribution >= 4 is 12.2 Å². The van der Waals surface area contributed by atoms with Crippen LogP contribution >= 0.6 is 0 Å². The number of hydrogen-bond acceptors (Lipinski definition) is 7. The highest BCUT2D eigenvalue weighted by atomic mass is 16.6. The van der Waals surface area contributed by atoms with Crippen molar-refractivity contribution in [3.05, 3.63) is 25.0 Å². The molecule has 1 unspecified atom stereocenters. The molecular formula is C19H32N2O7. The Kier molecular flexibility index (Phi) is 11.4. The second kappa shape index (κ2) is 13.6. The van der Waals surface area contributed by atoms with Gasteiger partial charge in [-0.05, 0) is 24.2 Å². The maximum atomic E-state index is 11.8. The number of carbonyl (C=O) groups is 2. The molecule has 1 aliphatic rings. The minimum atomic E-state index is -0.479. The van der Waals surface area contributed by atoms with E-state index in [9.17, 15) is 9.59 Å². The van der Waals surface area contributed by atoms with Crippen molar-refractivity contribution in [2.75, 3.05) is 39.5 Å². The van der Waals surface area contributed by atoms with Crippen LogP contribution in [0.25, 0.3) is 0 Å². The van der Waals surface area contributed by atoms with Crippen LogP contribution in [0.2, 0.25) is 0 Å². The summed E-state index contributed by atoms with van der Waals surface area (Å²) in [5, 5.41) is 5.49. The van der Waals surface area contributed by atoms with Crippen molar-refractivity contribution in [1.29, 1.82) is 0 Å². The lowest BCUT2D eigenvalue weighted by molar-refractivity contribution is 0.107. The number of hydrogen-bond donors (Lipinski definition) is 2. The van der Waals surface area contributed by atoms with Gasteiger partial charge in [0.05, 0.1) is 0 Å². The van der Waals surface area contributed by atoms with Crippen LogP contribution in [0, 0.1) is 11.3 Å². The van der Waals surface area contributed by atoms with E-state index in [2.05, 4.69) is 31.4 Å². The van der Waals surface area contributed by atoms with Crippen molar-refractivity contribution < 1.29 is 33.3 Å². The number of rotatable bonds is 0. The average molecular weight is 400 g/mol. The number of amides is 2. The largest absolute Gasteiger partial charge is 0.494 e. The van der Waals surface area contributed by atoms with E-state index in [0.29, 0.717) is 19.0 Å². The van der Waals surface area contributed by atoms with Crippen molar-refractivity contribution in [1.82, 2.24) is 10.6 Å². The van der Waals surface area contributed by atoms with Crippen LogP contribution in [0.1, 0.15) is 33.6 Å². The average Bonchev–Trinajstić information content (AvgIpc) is 2.62. The fourth-order valence-electron chi connectivity index (χ4n) is 2.64. The van der Waals surface area contributed by atoms with E-state index >= 15 is 0 Å². The molecule has 0 aliphatic carbocycles. The second-order valence-electron chi connectivity index (χ2n) is 7.24. The summed E-state index contributed by atoms with van der Waals surface area (Å²) in [7, 11) is 0. The van der Waals surface area contributed by atoms with Gasteiger partial charge in [0.2, 0.25) is 0 Å². The Hall–Kier alpha value is -2.58. The number of nitrogens with one attached hydrogen (secondary N) is 2. The molecule has 9 heteroatoms. The van der Waals surface area contributed by atoms with Gasteiger partial charge in [0.15, 0.2) is 0 Å². The van der Waals surface area contributed by atoms with Crippen LogP contribution in [0.5, 0.6) is 0 Å². The van der Waals surface area contributed by atoms with Gasteiger partial charge >= 0.3 is 12.2 Å². The summed E-state index contributed by atoms with van der Waals surface area (Å²) in [4.78, 5) is 23.4. The van der Waals surface area contributed by atoms with Gasteiger partial charge in [-0.1, -0.05) is 20.8 Å². The van der Waals surface area contributed by atoms with E-state index in [0.717, 1.165) is 12.8 Å². The molecular weight excluding hydrogens is 368 g/mol. The van der Waals surface area contributed by atoms with Crippen molar-refractivity contribution in [2.45, 2.75) is 33.6 Å². The van der Waals surface area contributed by atoms with E-state index in [1.165, 1.54) is 25.0 Å². The molecule has 0 spiro atoms. The van der Waals surface area contributed by atoms with Crippen molar-refractivity contribution in [3.8, 4) is 0 Å². The maximum Gasteiger partial charge on any atom is 0.407 e. The topological polar surface area (TPSA) is 104 Å². The number of cyclic esters (lactones) is 2. The molecule has 28 heavy (non-hydrogen) atoms. The molecule has 0 aromatic heterocycles. The third-order valence-electron chi connectivity index (χ3n) is 3.85. The number of carbonyl (C=O) groups excluding carboxylic acids is 2. The van der Waals surface area contributed by atoms with Crippen molar-refractivity contribution in [2.24, 2.45) is 11.3 Å². The molecule has 1 aliphatic heterocycles. The summed E-state index contributed by atoms with van der Waals surface area (Å²) in [5.74, 6) is 0.364. The Morgan fingerprint density at radius 3 is 2.07 bits per heavy atom. The zero-order chi connectivity index (χ0) is 20.7. The first kappa shape index (κ1) is 23.5. The lowest BCUT2D eigenvalue weighted by Crippen LogP contribution is -2.36. The highest BCUT2D eigenvalue weighted by Gasteiger charge is 2.22. The fraction of sp³-hybridized carbons (Fsp3) is 0.684. The fourth-order valence-corrected chi connectivity index (χ4v) is 2.64. The lowest BCUT2D eigenvalue weighted by atomic mass is 9.82. The second-order valence-corrected chi connectivity index (χ2v) is 7.24. The molecule has 0 fully saturated rings. The van der Waals surface area contributed by atoms with Crippen LogP contribution in [0.15, 0.2) is 25.0 Å². The predicted octanol–water partition coefficient (Wildman–Crippen LogP) is 2.89. The van der Waals surface area contributed by atoms with Crippen LogP contribution in [0.4, 0.5) is 9.59 Å². The molecule has 0 aromatic carbocycles. The van der Waals surface area contributed by atoms with Crippen LogP contribution in [0.3, 0.4) is 0 Å². The summed E-state index contributed by atoms with van der Waals surface area (Å²) >= 11 is 0. The summed E-state index contributed by atoms with van der Waals surface area (Å²) in [5.41, 5.74) is -0.102. The van der Waals surface area contributed by atoms with Crippen molar-refractivity contribution in [3.63, 3.8) is 0 Å². The van der Waals surface area contributed by atoms with E-state index in [1.54, 1.807) is 0 Å². The smallest absolute Gasteiger partial charge is 0.407 e. The normalized spacial score (nSPS) is 25.8. The summed E-state index contributed by atoms with van der Waals surface area (Å²) in [6.45, 7) is 7.98. The van der Waals surface area contributed by atoms with Crippen LogP contribution in [-0.2, 0) is 23.7 Å². The predicted molar refractivity (Wildman–Crippen MR) is 102 cm³/mol. The van der Waals surface area contributed by atoms with Gasteiger partial charge in [-0.3, -0.25) is 0 Å². The van der Waals surface area contributed by atoms with E-state index in [-0.39, 0.29) is 31.8 Å². The summed E-state index contributed by atoms with van der Waals surface area (Å²) < 4.78 is 25.3. The first-order chi connectivity index (χ1) is 13.4. The highest BCUT2D eigenvalue weighted by Crippen LogP contribution is 2.26. The Balaban J connectivity index is 2.48. The molecule has 2 amide bonds. The molecule has 0 aromatic rings. The number of ether oxygens (including phenoxy) is 5. The Labute approximate surface area is 166 Å². The molecule has 9 nitrogen and oxygen atoms in total. The van der Waals surface area contributed by atoms with Gasteiger partial charge < -0.3 is 34.3 Å². The molecule has 160 valence electrons. The molecule has 1 rings (SSSR count). The number of alkyl carbamates (subject to hydrolysis) is 2.